The molecule has 2 rings (SSSR count). The van der Waals surface area contributed by atoms with Crippen molar-refractivity contribution in [2.45, 2.75) is 45.1 Å². The third-order valence-electron chi connectivity index (χ3n) is 3.84. The molecule has 0 amide bonds. The lowest BCUT2D eigenvalue weighted by atomic mass is 9.87. The molecular weight excluding hydrogens is 246 g/mol. The number of nitrogens with one attached hydrogen (secondary N) is 1. The van der Waals surface area contributed by atoms with Gasteiger partial charge >= 0.3 is 0 Å². The Balaban J connectivity index is 1.70. The average molecular weight is 268 g/mol. The first-order valence-corrected chi connectivity index (χ1v) is 7.32. The maximum Gasteiger partial charge on any atom is 0.138 e. The summed E-state index contributed by atoms with van der Waals surface area (Å²) in [4.78, 5) is 0. The summed E-state index contributed by atoms with van der Waals surface area (Å²) in [5, 5.41) is 13.6. The zero-order valence-electron chi connectivity index (χ0n) is 10.8. The molecule has 0 spiro atoms. The van der Waals surface area contributed by atoms with Gasteiger partial charge in [-0.05, 0) is 24.9 Å². The van der Waals surface area contributed by atoms with Crippen LogP contribution in [-0.2, 0) is 6.54 Å². The largest absolute Gasteiger partial charge is 0.506 e. The van der Waals surface area contributed by atoms with Crippen molar-refractivity contribution in [2.24, 2.45) is 5.92 Å². The summed E-state index contributed by atoms with van der Waals surface area (Å²) in [5.41, 5.74) is 0.881. The second kappa shape index (κ2) is 7.01. The topological polar surface area (TPSA) is 32.3 Å². The van der Waals surface area contributed by atoms with E-state index < -0.39 is 0 Å². The van der Waals surface area contributed by atoms with E-state index in [1.807, 2.05) is 12.1 Å². The highest BCUT2D eigenvalue weighted by Gasteiger charge is 2.12. The Bertz CT molecular complexity index is 375. The fraction of sp³-hybridized carbons (Fsp3) is 0.600. The van der Waals surface area contributed by atoms with Crippen LogP contribution in [0, 0.1) is 5.92 Å². The Morgan fingerprint density at radius 2 is 2.00 bits per heavy atom. The van der Waals surface area contributed by atoms with Crippen LogP contribution in [0.25, 0.3) is 0 Å². The molecule has 1 saturated carbocycles. The van der Waals surface area contributed by atoms with E-state index in [1.54, 1.807) is 6.07 Å². The summed E-state index contributed by atoms with van der Waals surface area (Å²) in [5.74, 6) is 1.11. The molecule has 18 heavy (non-hydrogen) atoms. The van der Waals surface area contributed by atoms with Crippen LogP contribution in [0.3, 0.4) is 0 Å². The van der Waals surface area contributed by atoms with Crippen LogP contribution in [0.2, 0.25) is 5.02 Å². The summed E-state index contributed by atoms with van der Waals surface area (Å²) in [6, 6.07) is 5.50. The lowest BCUT2D eigenvalue weighted by Crippen LogP contribution is -2.19. The zero-order chi connectivity index (χ0) is 12.8. The van der Waals surface area contributed by atoms with Crippen LogP contribution in [0.1, 0.15) is 44.1 Å². The number of benzene rings is 1. The highest BCUT2D eigenvalue weighted by molar-refractivity contribution is 6.32. The molecule has 1 aromatic rings. The summed E-state index contributed by atoms with van der Waals surface area (Å²) in [7, 11) is 0. The highest BCUT2D eigenvalue weighted by atomic mass is 35.5. The summed E-state index contributed by atoms with van der Waals surface area (Å²) in [6.07, 6.45) is 8.26. The number of halogens is 1. The van der Waals surface area contributed by atoms with E-state index in [4.69, 9.17) is 11.6 Å². The van der Waals surface area contributed by atoms with E-state index in [1.165, 1.54) is 38.5 Å². The molecule has 1 aliphatic rings. The van der Waals surface area contributed by atoms with Crippen LogP contribution in [0.5, 0.6) is 5.75 Å². The van der Waals surface area contributed by atoms with Crippen LogP contribution in [0.15, 0.2) is 18.2 Å². The molecule has 2 nitrogen and oxygen atoms in total. The van der Waals surface area contributed by atoms with Crippen molar-refractivity contribution in [1.82, 2.24) is 5.32 Å². The number of para-hydroxylation sites is 1. The maximum atomic E-state index is 9.77. The second-order valence-electron chi connectivity index (χ2n) is 5.22. The molecule has 0 radical (unpaired) electrons. The van der Waals surface area contributed by atoms with E-state index in [0.29, 0.717) is 11.6 Å². The van der Waals surface area contributed by atoms with Gasteiger partial charge in [0.25, 0.3) is 0 Å². The number of hydrogen-bond acceptors (Lipinski definition) is 2. The quantitative estimate of drug-likeness (QED) is 0.787. The standard InChI is InChI=1S/C15H22ClNO/c16-14-8-4-7-13(15(14)18)11-17-10-9-12-5-2-1-3-6-12/h4,7-8,12,17-18H,1-3,5-6,9-11H2. The molecule has 0 heterocycles. The Labute approximate surface area is 114 Å². The third-order valence-corrected chi connectivity index (χ3v) is 4.14. The van der Waals surface area contributed by atoms with Crippen molar-refractivity contribution < 1.29 is 5.11 Å². The predicted molar refractivity (Wildman–Crippen MR) is 76.0 cm³/mol. The summed E-state index contributed by atoms with van der Waals surface area (Å²) >= 11 is 5.87. The lowest BCUT2D eigenvalue weighted by molar-refractivity contribution is 0.333. The molecule has 0 bridgehead atoms. The van der Waals surface area contributed by atoms with Gasteiger partial charge in [-0.15, -0.1) is 0 Å². The minimum atomic E-state index is 0.212. The molecule has 2 N–H and O–H groups in total. The van der Waals surface area contributed by atoms with E-state index >= 15 is 0 Å². The highest BCUT2D eigenvalue weighted by Crippen LogP contribution is 2.27. The SMILES string of the molecule is Oc1c(Cl)cccc1CNCCC1CCCCC1. The molecule has 1 fully saturated rings. The molecule has 0 unspecified atom stereocenters. The number of phenols is 1. The fourth-order valence-corrected chi connectivity index (χ4v) is 2.90. The van der Waals surface area contributed by atoms with Gasteiger partial charge in [-0.1, -0.05) is 55.8 Å². The fourth-order valence-electron chi connectivity index (χ4n) is 2.71. The van der Waals surface area contributed by atoms with Crippen LogP contribution >= 0.6 is 11.6 Å². The van der Waals surface area contributed by atoms with E-state index in [-0.39, 0.29) is 5.75 Å². The predicted octanol–water partition coefficient (Wildman–Crippen LogP) is 4.11. The Hall–Kier alpha value is -0.730. The molecule has 100 valence electrons. The zero-order valence-corrected chi connectivity index (χ0v) is 11.5. The van der Waals surface area contributed by atoms with Gasteiger partial charge in [0.2, 0.25) is 0 Å². The molecule has 1 aliphatic carbocycles. The first-order valence-electron chi connectivity index (χ1n) is 6.94. The van der Waals surface area contributed by atoms with Crippen LogP contribution < -0.4 is 5.32 Å². The van der Waals surface area contributed by atoms with Gasteiger partial charge in [0.05, 0.1) is 5.02 Å². The monoisotopic (exact) mass is 267 g/mol. The Kier molecular flexibility index (Phi) is 5.33. The van der Waals surface area contributed by atoms with Crippen LogP contribution in [0.4, 0.5) is 0 Å². The third kappa shape index (κ3) is 3.89. The molecule has 3 heteroatoms. The van der Waals surface area contributed by atoms with E-state index in [9.17, 15) is 5.11 Å². The van der Waals surface area contributed by atoms with Crippen molar-refractivity contribution in [1.29, 1.82) is 0 Å². The van der Waals surface area contributed by atoms with Gasteiger partial charge in [-0.2, -0.15) is 0 Å². The molecule has 1 aromatic carbocycles. The van der Waals surface area contributed by atoms with Gasteiger partial charge in [-0.3, -0.25) is 0 Å². The molecule has 0 saturated heterocycles. The number of aromatic hydroxyl groups is 1. The van der Waals surface area contributed by atoms with E-state index in [0.717, 1.165) is 18.0 Å². The second-order valence-corrected chi connectivity index (χ2v) is 5.62. The molecule has 0 aromatic heterocycles. The lowest BCUT2D eigenvalue weighted by Gasteiger charge is -2.21. The first-order chi connectivity index (χ1) is 8.77. The van der Waals surface area contributed by atoms with Crippen molar-refractivity contribution in [3.05, 3.63) is 28.8 Å². The van der Waals surface area contributed by atoms with Crippen molar-refractivity contribution >= 4 is 11.6 Å². The van der Waals surface area contributed by atoms with Gasteiger partial charge in [0.1, 0.15) is 5.75 Å². The van der Waals surface area contributed by atoms with Gasteiger partial charge in [0.15, 0.2) is 0 Å². The van der Waals surface area contributed by atoms with Crippen molar-refractivity contribution in [3.63, 3.8) is 0 Å². The summed E-state index contributed by atoms with van der Waals surface area (Å²) < 4.78 is 0. The number of phenolic OH excluding ortho intramolecular Hbond substituents is 1. The summed E-state index contributed by atoms with van der Waals surface area (Å²) in [6.45, 7) is 1.72. The first kappa shape index (κ1) is 13.7. The van der Waals surface area contributed by atoms with Gasteiger partial charge in [0, 0.05) is 12.1 Å². The number of rotatable bonds is 5. The van der Waals surface area contributed by atoms with Crippen molar-refractivity contribution in [2.75, 3.05) is 6.54 Å². The average Bonchev–Trinajstić information content (AvgIpc) is 2.40. The smallest absolute Gasteiger partial charge is 0.138 e. The molecule has 0 atom stereocenters. The van der Waals surface area contributed by atoms with E-state index in [2.05, 4.69) is 5.32 Å². The normalized spacial score (nSPS) is 16.9. The molecule has 0 aliphatic heterocycles. The van der Waals surface area contributed by atoms with Crippen LogP contribution in [-0.4, -0.2) is 11.7 Å². The Morgan fingerprint density at radius 3 is 2.78 bits per heavy atom. The molecular formula is C15H22ClNO. The van der Waals surface area contributed by atoms with Gasteiger partial charge in [-0.25, -0.2) is 0 Å². The maximum absolute atomic E-state index is 9.77. The van der Waals surface area contributed by atoms with Gasteiger partial charge < -0.3 is 10.4 Å². The van der Waals surface area contributed by atoms with Crippen molar-refractivity contribution in [3.8, 4) is 5.75 Å². The minimum absolute atomic E-state index is 0.212. The minimum Gasteiger partial charge on any atom is -0.506 e. The number of hydrogen-bond donors (Lipinski definition) is 2. The Morgan fingerprint density at radius 1 is 1.22 bits per heavy atom.